The Labute approximate surface area is 191 Å². The molecule has 1 aliphatic heterocycles. The van der Waals surface area contributed by atoms with Gasteiger partial charge in [0, 0.05) is 31.0 Å². The van der Waals surface area contributed by atoms with Crippen molar-refractivity contribution in [1.29, 1.82) is 0 Å². The summed E-state index contributed by atoms with van der Waals surface area (Å²) in [6.45, 7) is 4.36. The Bertz CT molecular complexity index is 1200. The van der Waals surface area contributed by atoms with Gasteiger partial charge in [-0.15, -0.1) is 0 Å². The fourth-order valence-electron chi connectivity index (χ4n) is 4.16. The van der Waals surface area contributed by atoms with Gasteiger partial charge in [-0.25, -0.2) is 9.37 Å². The summed E-state index contributed by atoms with van der Waals surface area (Å²) in [6.07, 6.45) is 2.77. The molecule has 1 amide bonds. The van der Waals surface area contributed by atoms with Crippen LogP contribution in [0.1, 0.15) is 53.4 Å². The minimum atomic E-state index is -0.587. The molecule has 172 valence electrons. The van der Waals surface area contributed by atoms with Crippen LogP contribution in [0.4, 0.5) is 10.2 Å². The first-order chi connectivity index (χ1) is 15.8. The van der Waals surface area contributed by atoms with Crippen LogP contribution in [0.2, 0.25) is 0 Å². The number of rotatable bonds is 7. The maximum Gasteiger partial charge on any atom is 0.294 e. The Morgan fingerprint density at radius 2 is 1.97 bits per heavy atom. The van der Waals surface area contributed by atoms with Crippen LogP contribution in [0, 0.1) is 12.7 Å². The van der Waals surface area contributed by atoms with E-state index in [1.807, 2.05) is 44.2 Å². The number of aryl methyl sites for hydroxylation is 2. The summed E-state index contributed by atoms with van der Waals surface area (Å²) in [4.78, 5) is 30.2. The average molecular weight is 450 g/mol. The zero-order valence-corrected chi connectivity index (χ0v) is 18.8. The molecular formula is C25H28FN5O2. The molecule has 1 aromatic heterocycles. The first-order valence-electron chi connectivity index (χ1n) is 11.0. The van der Waals surface area contributed by atoms with Crippen molar-refractivity contribution in [3.8, 4) is 0 Å². The van der Waals surface area contributed by atoms with Crippen LogP contribution in [0.3, 0.4) is 0 Å². The van der Waals surface area contributed by atoms with E-state index in [0.29, 0.717) is 24.9 Å². The van der Waals surface area contributed by atoms with Crippen molar-refractivity contribution >= 4 is 11.7 Å². The van der Waals surface area contributed by atoms with E-state index in [1.54, 1.807) is 6.20 Å². The summed E-state index contributed by atoms with van der Waals surface area (Å²) >= 11 is 0. The fraction of sp³-hybridized carbons (Fsp3) is 0.320. The fourth-order valence-corrected chi connectivity index (χ4v) is 4.16. The number of nitrogens with one attached hydrogen (secondary N) is 2. The molecule has 2 atom stereocenters. The zero-order valence-electron chi connectivity index (χ0n) is 18.8. The van der Waals surface area contributed by atoms with E-state index in [4.69, 9.17) is 5.73 Å². The van der Waals surface area contributed by atoms with Crippen LogP contribution >= 0.6 is 0 Å². The minimum Gasteiger partial charge on any atom is -0.361 e. The van der Waals surface area contributed by atoms with Gasteiger partial charge in [0.25, 0.3) is 5.56 Å². The van der Waals surface area contributed by atoms with Crippen molar-refractivity contribution in [1.82, 2.24) is 14.9 Å². The molecule has 33 heavy (non-hydrogen) atoms. The third-order valence-electron chi connectivity index (χ3n) is 5.90. The third-order valence-corrected chi connectivity index (χ3v) is 5.90. The number of nitrogens with two attached hydrogens (primary N) is 1. The number of halogens is 1. The highest BCUT2D eigenvalue weighted by Crippen LogP contribution is 2.24. The van der Waals surface area contributed by atoms with Crippen molar-refractivity contribution < 1.29 is 9.18 Å². The first-order valence-corrected chi connectivity index (χ1v) is 11.0. The quantitative estimate of drug-likeness (QED) is 0.514. The van der Waals surface area contributed by atoms with Crippen molar-refractivity contribution in [2.75, 3.05) is 5.32 Å². The molecule has 8 heteroatoms. The lowest BCUT2D eigenvalue weighted by Crippen LogP contribution is -2.36. The predicted molar refractivity (Wildman–Crippen MR) is 125 cm³/mol. The number of carbonyl (C=O) groups excluding carboxylic acids is 1. The number of benzene rings is 2. The number of aromatic nitrogens is 2. The van der Waals surface area contributed by atoms with Crippen molar-refractivity contribution in [3.05, 3.63) is 92.8 Å². The van der Waals surface area contributed by atoms with E-state index in [0.717, 1.165) is 22.4 Å². The van der Waals surface area contributed by atoms with E-state index in [-0.39, 0.29) is 35.7 Å². The number of fused-ring (bicyclic) bond motifs is 1. The molecule has 0 aliphatic carbocycles. The summed E-state index contributed by atoms with van der Waals surface area (Å²) in [5, 5.41) is 5.93. The van der Waals surface area contributed by atoms with Crippen molar-refractivity contribution in [3.63, 3.8) is 0 Å². The molecule has 0 spiro atoms. The number of nitrogens with zero attached hydrogens (tertiary/aromatic N) is 2. The van der Waals surface area contributed by atoms with Crippen LogP contribution in [-0.4, -0.2) is 15.5 Å². The predicted octanol–water partition coefficient (Wildman–Crippen LogP) is 3.13. The van der Waals surface area contributed by atoms with Gasteiger partial charge < -0.3 is 16.4 Å². The highest BCUT2D eigenvalue weighted by atomic mass is 19.1. The van der Waals surface area contributed by atoms with Crippen LogP contribution in [-0.2, 0) is 24.3 Å². The van der Waals surface area contributed by atoms with E-state index >= 15 is 0 Å². The van der Waals surface area contributed by atoms with Crippen LogP contribution in [0.25, 0.3) is 0 Å². The maximum absolute atomic E-state index is 13.6. The Balaban J connectivity index is 1.45. The summed E-state index contributed by atoms with van der Waals surface area (Å²) in [5.74, 6) is -0.383. The second-order valence-corrected chi connectivity index (χ2v) is 8.57. The SMILES string of the molecule is Cc1cc(F)cc(CNc2ncc3n(c2=O)C(C(=O)NCc2ccc([C@@H](C)N)cc2)CC3)c1. The Kier molecular flexibility index (Phi) is 6.55. The van der Waals surface area contributed by atoms with Gasteiger partial charge in [-0.3, -0.25) is 14.2 Å². The first kappa shape index (κ1) is 22.7. The summed E-state index contributed by atoms with van der Waals surface area (Å²) in [6, 6.07) is 11.9. The van der Waals surface area contributed by atoms with Gasteiger partial charge in [0.05, 0.1) is 0 Å². The highest BCUT2D eigenvalue weighted by Gasteiger charge is 2.30. The molecule has 1 unspecified atom stereocenters. The van der Waals surface area contributed by atoms with Crippen LogP contribution in [0.5, 0.6) is 0 Å². The Morgan fingerprint density at radius 3 is 2.67 bits per heavy atom. The van der Waals surface area contributed by atoms with Crippen LogP contribution < -0.4 is 21.9 Å². The van der Waals surface area contributed by atoms with Gasteiger partial charge in [-0.2, -0.15) is 0 Å². The number of hydrogen-bond acceptors (Lipinski definition) is 5. The topological polar surface area (TPSA) is 102 Å². The molecule has 0 saturated carbocycles. The number of amides is 1. The Morgan fingerprint density at radius 1 is 1.21 bits per heavy atom. The van der Waals surface area contributed by atoms with Crippen molar-refractivity contribution in [2.24, 2.45) is 5.73 Å². The average Bonchev–Trinajstić information content (AvgIpc) is 3.22. The van der Waals surface area contributed by atoms with E-state index < -0.39 is 6.04 Å². The second kappa shape index (κ2) is 9.54. The summed E-state index contributed by atoms with van der Waals surface area (Å²) < 4.78 is 15.2. The second-order valence-electron chi connectivity index (χ2n) is 8.57. The van der Waals surface area contributed by atoms with E-state index in [9.17, 15) is 14.0 Å². The smallest absolute Gasteiger partial charge is 0.294 e. The molecular weight excluding hydrogens is 421 g/mol. The van der Waals surface area contributed by atoms with Gasteiger partial charge >= 0.3 is 0 Å². The normalized spacial score (nSPS) is 15.7. The van der Waals surface area contributed by atoms with Crippen molar-refractivity contribution in [2.45, 2.75) is 51.9 Å². The Hall–Kier alpha value is -3.52. The lowest BCUT2D eigenvalue weighted by molar-refractivity contribution is -0.124. The number of hydrogen-bond donors (Lipinski definition) is 3. The molecule has 4 N–H and O–H groups in total. The molecule has 0 radical (unpaired) electrons. The molecule has 1 aliphatic rings. The van der Waals surface area contributed by atoms with Gasteiger partial charge in [-0.1, -0.05) is 30.3 Å². The molecule has 0 fully saturated rings. The molecule has 3 aromatic rings. The summed E-state index contributed by atoms with van der Waals surface area (Å²) in [7, 11) is 0. The number of anilines is 1. The van der Waals surface area contributed by atoms with Gasteiger partial charge in [-0.05, 0) is 61.1 Å². The van der Waals surface area contributed by atoms with Gasteiger partial charge in [0.15, 0.2) is 5.82 Å². The van der Waals surface area contributed by atoms with Gasteiger partial charge in [0.2, 0.25) is 5.91 Å². The highest BCUT2D eigenvalue weighted by molar-refractivity contribution is 5.81. The van der Waals surface area contributed by atoms with E-state index in [2.05, 4.69) is 15.6 Å². The lowest BCUT2D eigenvalue weighted by Gasteiger charge is -2.16. The molecule has 2 heterocycles. The zero-order chi connectivity index (χ0) is 23.5. The van der Waals surface area contributed by atoms with Crippen LogP contribution in [0.15, 0.2) is 53.5 Å². The molecule has 4 rings (SSSR count). The molecule has 2 aromatic carbocycles. The molecule has 0 saturated heterocycles. The molecule has 0 bridgehead atoms. The number of carbonyl (C=O) groups is 1. The monoisotopic (exact) mass is 449 g/mol. The maximum atomic E-state index is 13.6. The van der Waals surface area contributed by atoms with Gasteiger partial charge in [0.1, 0.15) is 11.9 Å². The third kappa shape index (κ3) is 5.12. The molecule has 7 nitrogen and oxygen atoms in total. The van der Waals surface area contributed by atoms with E-state index in [1.165, 1.54) is 16.7 Å². The minimum absolute atomic E-state index is 0.0446. The standard InChI is InChI=1S/C25H28FN5O2/c1-15-9-18(11-20(26)10-15)13-28-23-25(33)31-21(14-29-23)7-8-22(31)24(32)30-12-17-3-5-19(6-4-17)16(2)27/h3-6,9-11,14,16,22H,7-8,12-13,27H2,1-2H3,(H,28,29)(H,30,32)/t16-,22?/m1/s1. The summed E-state index contributed by atoms with van der Waals surface area (Å²) in [5.41, 5.74) is 9.76. The lowest BCUT2D eigenvalue weighted by atomic mass is 10.1. The largest absolute Gasteiger partial charge is 0.361 e.